The minimum absolute atomic E-state index is 0.0359. The van der Waals surface area contributed by atoms with Crippen molar-refractivity contribution < 1.29 is 14.1 Å². The summed E-state index contributed by atoms with van der Waals surface area (Å²) in [5, 5.41) is 7.26. The summed E-state index contributed by atoms with van der Waals surface area (Å²) in [5.74, 6) is 1.32. The molecule has 4 rings (SSSR count). The van der Waals surface area contributed by atoms with Gasteiger partial charge < -0.3 is 19.5 Å². The molecule has 132 valence electrons. The number of nitrogens with one attached hydrogen (secondary N) is 1. The first-order chi connectivity index (χ1) is 11.6. The van der Waals surface area contributed by atoms with Gasteiger partial charge in [0.15, 0.2) is 0 Å². The number of aromatic nitrogens is 1. The van der Waals surface area contributed by atoms with Gasteiger partial charge in [-0.15, -0.1) is 0 Å². The molecule has 24 heavy (non-hydrogen) atoms. The molecule has 2 atom stereocenters. The zero-order valence-corrected chi connectivity index (χ0v) is 14.3. The second kappa shape index (κ2) is 6.37. The van der Waals surface area contributed by atoms with Crippen LogP contribution in [-0.2, 0) is 11.3 Å². The minimum atomic E-state index is 0.0359. The Morgan fingerprint density at radius 1 is 1.46 bits per heavy atom. The van der Waals surface area contributed by atoms with E-state index in [-0.39, 0.29) is 11.4 Å². The number of likely N-dealkylation sites (tertiary alicyclic amines) is 2. The fraction of sp³-hybridized carbons (Fsp3) is 0.765. The molecule has 0 radical (unpaired) electrons. The van der Waals surface area contributed by atoms with E-state index < -0.39 is 0 Å². The van der Waals surface area contributed by atoms with Gasteiger partial charge in [-0.25, -0.2) is 4.79 Å². The number of carbonyl (C=O) groups is 1. The highest BCUT2D eigenvalue weighted by Gasteiger charge is 2.50. The van der Waals surface area contributed by atoms with Crippen LogP contribution >= 0.6 is 0 Å². The predicted molar refractivity (Wildman–Crippen MR) is 87.5 cm³/mol. The lowest BCUT2D eigenvalue weighted by Crippen LogP contribution is -2.47. The topological polar surface area (TPSA) is 70.8 Å². The normalized spacial score (nSPS) is 30.0. The maximum Gasteiger partial charge on any atom is 0.317 e. The van der Waals surface area contributed by atoms with Gasteiger partial charge in [0.05, 0.1) is 18.9 Å². The number of aryl methyl sites for hydroxylation is 1. The molecule has 3 saturated heterocycles. The summed E-state index contributed by atoms with van der Waals surface area (Å²) in [6.45, 7) is 8.62. The molecule has 0 spiro atoms. The van der Waals surface area contributed by atoms with Crippen molar-refractivity contribution in [3.63, 3.8) is 0 Å². The number of hydrogen-bond acceptors (Lipinski definition) is 5. The molecule has 3 aliphatic heterocycles. The predicted octanol–water partition coefficient (Wildman–Crippen LogP) is 1.24. The first-order valence-electron chi connectivity index (χ1n) is 8.90. The average molecular weight is 334 g/mol. The number of carbonyl (C=O) groups excluding carboxylic acids is 1. The smallest absolute Gasteiger partial charge is 0.317 e. The monoisotopic (exact) mass is 334 g/mol. The largest absolute Gasteiger partial charge is 0.380 e. The van der Waals surface area contributed by atoms with Gasteiger partial charge in [-0.3, -0.25) is 4.90 Å². The highest BCUT2D eigenvalue weighted by molar-refractivity contribution is 5.74. The van der Waals surface area contributed by atoms with Gasteiger partial charge in [0, 0.05) is 56.7 Å². The van der Waals surface area contributed by atoms with Crippen molar-refractivity contribution >= 4 is 6.03 Å². The van der Waals surface area contributed by atoms with Crippen LogP contribution in [0.5, 0.6) is 0 Å². The van der Waals surface area contributed by atoms with Crippen LogP contribution in [0.4, 0.5) is 4.79 Å². The van der Waals surface area contributed by atoms with E-state index >= 15 is 0 Å². The number of urea groups is 1. The lowest BCUT2D eigenvalue weighted by atomic mass is 9.81. The number of fused-ring (bicyclic) bond motifs is 1. The van der Waals surface area contributed by atoms with E-state index in [0.29, 0.717) is 12.5 Å². The van der Waals surface area contributed by atoms with Gasteiger partial charge in [-0.1, -0.05) is 5.16 Å². The standard InChI is InChI=1S/C17H26N4O3/c1-13-6-15(19-24-13)8-20-7-14-9-23-12-17(14,11-20)10-18-16(22)21-4-2-3-5-21/h6,14H,2-5,7-12H2,1H3,(H,18,22)/t14-,17+/m1/s1. The van der Waals surface area contributed by atoms with Crippen LogP contribution in [0, 0.1) is 18.3 Å². The summed E-state index contributed by atoms with van der Waals surface area (Å²) < 4.78 is 10.9. The zero-order chi connectivity index (χ0) is 16.6. The molecule has 7 heteroatoms. The van der Waals surface area contributed by atoms with Crippen LogP contribution in [0.15, 0.2) is 10.6 Å². The average Bonchev–Trinajstić information content (AvgIpc) is 3.29. The molecule has 3 aliphatic rings. The fourth-order valence-corrected chi connectivity index (χ4v) is 4.32. The van der Waals surface area contributed by atoms with E-state index in [0.717, 1.165) is 70.2 Å². The Hall–Kier alpha value is -1.60. The molecule has 0 bridgehead atoms. The highest BCUT2D eigenvalue weighted by Crippen LogP contribution is 2.41. The van der Waals surface area contributed by atoms with Crippen LogP contribution in [0.3, 0.4) is 0 Å². The SMILES string of the molecule is Cc1cc(CN2C[C@@H]3COC[C@]3(CNC(=O)N3CCCC3)C2)no1. The lowest BCUT2D eigenvalue weighted by molar-refractivity contribution is 0.124. The van der Waals surface area contributed by atoms with Crippen molar-refractivity contribution in [2.75, 3.05) is 45.9 Å². The van der Waals surface area contributed by atoms with Gasteiger partial charge in [-0.2, -0.15) is 0 Å². The van der Waals surface area contributed by atoms with Gasteiger partial charge in [-0.05, 0) is 19.8 Å². The number of rotatable bonds is 4. The summed E-state index contributed by atoms with van der Waals surface area (Å²) in [4.78, 5) is 16.6. The van der Waals surface area contributed by atoms with Crippen molar-refractivity contribution in [1.29, 1.82) is 0 Å². The fourth-order valence-electron chi connectivity index (χ4n) is 4.32. The van der Waals surface area contributed by atoms with Gasteiger partial charge in [0.2, 0.25) is 0 Å². The Kier molecular flexibility index (Phi) is 4.22. The molecule has 3 fully saturated rings. The summed E-state index contributed by atoms with van der Waals surface area (Å²) in [6, 6.07) is 2.07. The van der Waals surface area contributed by atoms with Crippen molar-refractivity contribution in [2.45, 2.75) is 26.3 Å². The summed E-state index contributed by atoms with van der Waals surface area (Å²) in [6.07, 6.45) is 2.24. The Balaban J connectivity index is 1.36. The number of ether oxygens (including phenoxy) is 1. The van der Waals surface area contributed by atoms with Gasteiger partial charge in [0.1, 0.15) is 5.76 Å². The van der Waals surface area contributed by atoms with Crippen molar-refractivity contribution in [1.82, 2.24) is 20.3 Å². The zero-order valence-electron chi connectivity index (χ0n) is 14.3. The van der Waals surface area contributed by atoms with Crippen LogP contribution in [0.2, 0.25) is 0 Å². The molecular formula is C17H26N4O3. The third-order valence-corrected chi connectivity index (χ3v) is 5.64. The Bertz CT molecular complexity index is 598. The second-order valence-electron chi connectivity index (χ2n) is 7.53. The van der Waals surface area contributed by atoms with Crippen LogP contribution < -0.4 is 5.32 Å². The summed E-state index contributed by atoms with van der Waals surface area (Å²) in [5.41, 5.74) is 1.01. The molecule has 0 aliphatic carbocycles. The molecule has 4 heterocycles. The van der Waals surface area contributed by atoms with E-state index in [4.69, 9.17) is 9.26 Å². The van der Waals surface area contributed by atoms with Gasteiger partial charge in [0.25, 0.3) is 0 Å². The van der Waals surface area contributed by atoms with E-state index in [1.807, 2.05) is 17.9 Å². The van der Waals surface area contributed by atoms with Gasteiger partial charge >= 0.3 is 6.03 Å². The molecule has 0 unspecified atom stereocenters. The quantitative estimate of drug-likeness (QED) is 0.897. The molecule has 0 aromatic carbocycles. The van der Waals surface area contributed by atoms with Crippen molar-refractivity contribution in [3.8, 4) is 0 Å². The highest BCUT2D eigenvalue weighted by atomic mass is 16.5. The van der Waals surface area contributed by atoms with E-state index in [9.17, 15) is 4.79 Å². The van der Waals surface area contributed by atoms with Crippen LogP contribution in [0.25, 0.3) is 0 Å². The molecule has 0 saturated carbocycles. The molecule has 1 aromatic heterocycles. The maximum absolute atomic E-state index is 12.3. The number of nitrogens with zero attached hydrogens (tertiary/aromatic N) is 3. The minimum Gasteiger partial charge on any atom is -0.380 e. The number of hydrogen-bond donors (Lipinski definition) is 1. The first-order valence-corrected chi connectivity index (χ1v) is 8.90. The summed E-state index contributed by atoms with van der Waals surface area (Å²) in [7, 11) is 0. The van der Waals surface area contributed by atoms with Crippen LogP contribution in [-0.4, -0.2) is 66.9 Å². The number of amides is 2. The van der Waals surface area contributed by atoms with Crippen molar-refractivity contribution in [2.24, 2.45) is 11.3 Å². The molecule has 1 N–H and O–H groups in total. The van der Waals surface area contributed by atoms with E-state index in [2.05, 4.69) is 15.4 Å². The maximum atomic E-state index is 12.3. The van der Waals surface area contributed by atoms with Crippen molar-refractivity contribution in [3.05, 3.63) is 17.5 Å². The molecule has 1 aromatic rings. The third-order valence-electron chi connectivity index (χ3n) is 5.64. The Morgan fingerprint density at radius 3 is 3.04 bits per heavy atom. The molecule has 2 amide bonds. The Morgan fingerprint density at radius 2 is 2.29 bits per heavy atom. The first kappa shape index (κ1) is 15.9. The van der Waals surface area contributed by atoms with E-state index in [1.54, 1.807) is 0 Å². The van der Waals surface area contributed by atoms with Crippen LogP contribution in [0.1, 0.15) is 24.3 Å². The molecular weight excluding hydrogens is 308 g/mol. The summed E-state index contributed by atoms with van der Waals surface area (Å²) >= 11 is 0. The molecule has 7 nitrogen and oxygen atoms in total. The third kappa shape index (κ3) is 3.02. The van der Waals surface area contributed by atoms with E-state index in [1.165, 1.54) is 0 Å². The lowest BCUT2D eigenvalue weighted by Gasteiger charge is -2.28. The Labute approximate surface area is 142 Å². The second-order valence-corrected chi connectivity index (χ2v) is 7.53.